The zero-order valence-electron chi connectivity index (χ0n) is 17.4. The number of anilines is 2. The standard InChI is InChI=1S/C22H23F3N6O/c1-2-14-5-9-17(22(23,24)25)18(13-14)29-20-21(32)31(12-11-28-20)16-7-3-15(4-8-16)6-10-19(26)30-27/h3-5,7-9,11-13H,2,6,10,27H2,1H3,(H2,26,30)(H,28,29). The number of alkyl halides is 3. The molecule has 5 N–H and O–H groups in total. The van der Waals surface area contributed by atoms with Crippen molar-refractivity contribution in [1.82, 2.24) is 9.55 Å². The minimum absolute atomic E-state index is 0.206. The Kier molecular flexibility index (Phi) is 6.82. The van der Waals surface area contributed by atoms with E-state index >= 15 is 0 Å². The second-order valence-electron chi connectivity index (χ2n) is 7.09. The molecule has 0 aliphatic heterocycles. The summed E-state index contributed by atoms with van der Waals surface area (Å²) in [6.45, 7) is 1.83. The highest BCUT2D eigenvalue weighted by molar-refractivity contribution is 5.80. The maximum atomic E-state index is 13.4. The van der Waals surface area contributed by atoms with E-state index in [1.165, 1.54) is 29.1 Å². The number of rotatable bonds is 7. The summed E-state index contributed by atoms with van der Waals surface area (Å²) in [5.41, 5.74) is 6.15. The summed E-state index contributed by atoms with van der Waals surface area (Å²) in [7, 11) is 0. The molecule has 0 bridgehead atoms. The van der Waals surface area contributed by atoms with Crippen molar-refractivity contribution in [3.8, 4) is 5.69 Å². The molecule has 0 saturated carbocycles. The van der Waals surface area contributed by atoms with Gasteiger partial charge in [-0.1, -0.05) is 25.1 Å². The van der Waals surface area contributed by atoms with Crippen LogP contribution in [0.2, 0.25) is 0 Å². The van der Waals surface area contributed by atoms with Crippen LogP contribution >= 0.6 is 0 Å². The van der Waals surface area contributed by atoms with Crippen LogP contribution in [0.5, 0.6) is 0 Å². The number of nitrogens with one attached hydrogen (secondary N) is 1. The van der Waals surface area contributed by atoms with Crippen molar-refractivity contribution in [2.24, 2.45) is 16.7 Å². The summed E-state index contributed by atoms with van der Waals surface area (Å²) in [6.07, 6.45) is -0.0946. The molecule has 0 amide bonds. The average molecular weight is 444 g/mol. The van der Waals surface area contributed by atoms with Gasteiger partial charge in [0.1, 0.15) is 5.84 Å². The molecular weight excluding hydrogens is 421 g/mol. The first-order valence-corrected chi connectivity index (χ1v) is 9.89. The molecule has 10 heteroatoms. The Bertz CT molecular complexity index is 1170. The van der Waals surface area contributed by atoms with E-state index in [2.05, 4.69) is 15.4 Å². The molecule has 0 aliphatic rings. The van der Waals surface area contributed by atoms with Crippen LogP contribution in [-0.2, 0) is 19.0 Å². The molecule has 7 nitrogen and oxygen atoms in total. The first-order chi connectivity index (χ1) is 15.2. The summed E-state index contributed by atoms with van der Waals surface area (Å²) in [5, 5.41) is 6.00. The topological polar surface area (TPSA) is 111 Å². The van der Waals surface area contributed by atoms with Crippen LogP contribution in [0.1, 0.15) is 30.0 Å². The monoisotopic (exact) mass is 444 g/mol. The van der Waals surface area contributed by atoms with Crippen LogP contribution in [0.3, 0.4) is 0 Å². The fourth-order valence-electron chi connectivity index (χ4n) is 3.15. The SMILES string of the molecule is CCc1ccc(C(F)(F)F)c(Nc2nccn(-c3ccc(CC/C(N)=N/N)cc3)c2=O)c1. The molecule has 1 heterocycles. The molecule has 168 valence electrons. The molecule has 0 aliphatic carbocycles. The average Bonchev–Trinajstić information content (AvgIpc) is 2.78. The lowest BCUT2D eigenvalue weighted by Gasteiger charge is -2.16. The van der Waals surface area contributed by atoms with Gasteiger partial charge < -0.3 is 16.9 Å². The number of hydrazone groups is 1. The molecule has 0 radical (unpaired) electrons. The van der Waals surface area contributed by atoms with Crippen molar-refractivity contribution in [2.75, 3.05) is 5.32 Å². The van der Waals surface area contributed by atoms with Crippen molar-refractivity contribution in [1.29, 1.82) is 0 Å². The fraction of sp³-hybridized carbons (Fsp3) is 0.227. The lowest BCUT2D eigenvalue weighted by Crippen LogP contribution is -2.22. The van der Waals surface area contributed by atoms with E-state index in [0.717, 1.165) is 11.6 Å². The summed E-state index contributed by atoms with van der Waals surface area (Å²) in [5.74, 6) is 5.25. The molecule has 0 atom stereocenters. The van der Waals surface area contributed by atoms with Crippen molar-refractivity contribution < 1.29 is 13.2 Å². The Morgan fingerprint density at radius 3 is 2.47 bits per heavy atom. The highest BCUT2D eigenvalue weighted by Gasteiger charge is 2.33. The lowest BCUT2D eigenvalue weighted by atomic mass is 10.1. The van der Waals surface area contributed by atoms with E-state index in [-0.39, 0.29) is 11.5 Å². The van der Waals surface area contributed by atoms with Gasteiger partial charge in [-0.25, -0.2) is 4.98 Å². The van der Waals surface area contributed by atoms with Gasteiger partial charge in [-0.2, -0.15) is 18.3 Å². The lowest BCUT2D eigenvalue weighted by molar-refractivity contribution is -0.136. The van der Waals surface area contributed by atoms with E-state index in [0.29, 0.717) is 36.3 Å². The smallest absolute Gasteiger partial charge is 0.386 e. The molecule has 3 rings (SSSR count). The Labute approximate surface area is 182 Å². The number of aryl methyl sites for hydroxylation is 2. The summed E-state index contributed by atoms with van der Waals surface area (Å²) in [4.78, 5) is 16.9. The summed E-state index contributed by atoms with van der Waals surface area (Å²) in [6, 6.07) is 10.9. The molecule has 2 aromatic carbocycles. The molecule has 3 aromatic rings. The van der Waals surface area contributed by atoms with Gasteiger partial charge in [-0.05, 0) is 48.2 Å². The maximum Gasteiger partial charge on any atom is 0.418 e. The third-order valence-corrected chi connectivity index (χ3v) is 4.94. The quantitative estimate of drug-likeness (QED) is 0.223. The Morgan fingerprint density at radius 1 is 1.16 bits per heavy atom. The van der Waals surface area contributed by atoms with E-state index in [1.807, 2.05) is 19.1 Å². The molecule has 32 heavy (non-hydrogen) atoms. The molecule has 0 saturated heterocycles. The number of hydrogen-bond acceptors (Lipinski definition) is 5. The largest absolute Gasteiger partial charge is 0.418 e. The number of aromatic nitrogens is 2. The van der Waals surface area contributed by atoms with Gasteiger partial charge in [0.2, 0.25) is 0 Å². The van der Waals surface area contributed by atoms with Crippen LogP contribution in [0.15, 0.2) is 64.8 Å². The van der Waals surface area contributed by atoms with E-state index in [1.54, 1.807) is 12.1 Å². The number of nitrogens with two attached hydrogens (primary N) is 2. The van der Waals surface area contributed by atoms with Crippen LogP contribution in [0, 0.1) is 0 Å². The number of amidine groups is 1. The first kappa shape index (κ1) is 22.9. The number of benzene rings is 2. The van der Waals surface area contributed by atoms with Crippen molar-refractivity contribution >= 4 is 17.3 Å². The Balaban J connectivity index is 1.91. The Hall–Kier alpha value is -3.82. The molecule has 0 fully saturated rings. The Morgan fingerprint density at radius 2 is 1.84 bits per heavy atom. The second-order valence-corrected chi connectivity index (χ2v) is 7.09. The predicted octanol–water partition coefficient (Wildman–Crippen LogP) is 3.72. The summed E-state index contributed by atoms with van der Waals surface area (Å²) >= 11 is 0. The third kappa shape index (κ3) is 5.26. The van der Waals surface area contributed by atoms with Crippen molar-refractivity contribution in [3.63, 3.8) is 0 Å². The highest BCUT2D eigenvalue weighted by Crippen LogP contribution is 2.36. The van der Waals surface area contributed by atoms with Gasteiger partial charge in [0, 0.05) is 24.5 Å². The zero-order chi connectivity index (χ0) is 23.3. The molecule has 1 aromatic heterocycles. The first-order valence-electron chi connectivity index (χ1n) is 9.89. The third-order valence-electron chi connectivity index (χ3n) is 4.94. The van der Waals surface area contributed by atoms with E-state index in [4.69, 9.17) is 11.6 Å². The zero-order valence-corrected chi connectivity index (χ0v) is 17.4. The highest BCUT2D eigenvalue weighted by atomic mass is 19.4. The molecule has 0 spiro atoms. The fourth-order valence-corrected chi connectivity index (χ4v) is 3.15. The molecule has 0 unspecified atom stereocenters. The van der Waals surface area contributed by atoms with Crippen LogP contribution in [0.4, 0.5) is 24.7 Å². The predicted molar refractivity (Wildman–Crippen MR) is 118 cm³/mol. The van der Waals surface area contributed by atoms with Gasteiger partial charge in [0.15, 0.2) is 5.82 Å². The van der Waals surface area contributed by atoms with Gasteiger partial charge in [0.25, 0.3) is 5.56 Å². The second kappa shape index (κ2) is 9.54. The normalized spacial score (nSPS) is 12.1. The van der Waals surface area contributed by atoms with Gasteiger partial charge in [-0.15, -0.1) is 0 Å². The minimum Gasteiger partial charge on any atom is -0.386 e. The number of nitrogens with zero attached hydrogens (tertiary/aromatic N) is 3. The van der Waals surface area contributed by atoms with Crippen LogP contribution in [0.25, 0.3) is 5.69 Å². The van der Waals surface area contributed by atoms with Gasteiger partial charge in [0.05, 0.1) is 11.3 Å². The van der Waals surface area contributed by atoms with Crippen LogP contribution in [-0.4, -0.2) is 15.4 Å². The van der Waals surface area contributed by atoms with Gasteiger partial charge in [-0.3, -0.25) is 9.36 Å². The minimum atomic E-state index is -4.57. The number of halogens is 3. The van der Waals surface area contributed by atoms with Gasteiger partial charge >= 0.3 is 6.18 Å². The van der Waals surface area contributed by atoms with E-state index in [9.17, 15) is 18.0 Å². The van der Waals surface area contributed by atoms with Crippen molar-refractivity contribution in [3.05, 3.63) is 81.9 Å². The summed E-state index contributed by atoms with van der Waals surface area (Å²) < 4.78 is 41.6. The maximum absolute atomic E-state index is 13.4. The number of hydrogen-bond donors (Lipinski definition) is 3. The van der Waals surface area contributed by atoms with E-state index < -0.39 is 17.3 Å². The molecular formula is C22H23F3N6O. The van der Waals surface area contributed by atoms with Crippen LogP contribution < -0.4 is 22.5 Å². The van der Waals surface area contributed by atoms with Crippen molar-refractivity contribution in [2.45, 2.75) is 32.4 Å².